The topological polar surface area (TPSA) is 85.6 Å². The molecule has 6 heteroatoms. The van der Waals surface area contributed by atoms with Crippen LogP contribution in [0.2, 0.25) is 0 Å². The number of amides is 2. The van der Waals surface area contributed by atoms with Crippen molar-refractivity contribution < 1.29 is 9.59 Å². The quantitative estimate of drug-likeness (QED) is 0.776. The lowest BCUT2D eigenvalue weighted by Gasteiger charge is -2.25. The van der Waals surface area contributed by atoms with Crippen LogP contribution in [0.3, 0.4) is 0 Å². The van der Waals surface area contributed by atoms with Crippen LogP contribution < -0.4 is 5.32 Å². The van der Waals surface area contributed by atoms with Gasteiger partial charge in [0.05, 0.1) is 12.6 Å². The first-order chi connectivity index (χ1) is 11.4. The van der Waals surface area contributed by atoms with Gasteiger partial charge < -0.3 is 5.32 Å². The molecule has 0 aromatic heterocycles. The third-order valence-electron chi connectivity index (χ3n) is 5.16. The Labute approximate surface area is 144 Å². The van der Waals surface area contributed by atoms with Gasteiger partial charge in [-0.3, -0.25) is 19.5 Å². The van der Waals surface area contributed by atoms with Crippen LogP contribution in [0.4, 0.5) is 0 Å². The Morgan fingerprint density at radius 3 is 2.58 bits per heavy atom. The summed E-state index contributed by atoms with van der Waals surface area (Å²) in [6.07, 6.45) is 5.83. The molecule has 1 aliphatic heterocycles. The minimum absolute atomic E-state index is 0.0613. The number of nitrogens with zero attached hydrogens (tertiary/aromatic N) is 3. The van der Waals surface area contributed by atoms with Gasteiger partial charge in [-0.1, -0.05) is 26.2 Å². The number of carbonyl (C=O) groups excluding carboxylic acids is 2. The van der Waals surface area contributed by atoms with Crippen LogP contribution in [0.1, 0.15) is 65.7 Å². The van der Waals surface area contributed by atoms with Gasteiger partial charge in [0, 0.05) is 13.0 Å². The van der Waals surface area contributed by atoms with Crippen LogP contribution in [0.15, 0.2) is 4.99 Å². The zero-order valence-electron chi connectivity index (χ0n) is 15.0. The number of nitrogens with one attached hydrogen (secondary N) is 1. The molecule has 0 aromatic carbocycles. The van der Waals surface area contributed by atoms with Gasteiger partial charge in [0.1, 0.15) is 11.3 Å². The van der Waals surface area contributed by atoms with E-state index in [4.69, 9.17) is 0 Å². The Balaban J connectivity index is 2.07. The lowest BCUT2D eigenvalue weighted by molar-refractivity contribution is -0.131. The van der Waals surface area contributed by atoms with Crippen molar-refractivity contribution in [1.82, 2.24) is 10.2 Å². The van der Waals surface area contributed by atoms with Crippen molar-refractivity contribution in [2.75, 3.05) is 13.1 Å². The first kappa shape index (κ1) is 18.4. The van der Waals surface area contributed by atoms with Crippen molar-refractivity contribution in [2.24, 2.45) is 10.4 Å². The highest BCUT2D eigenvalue weighted by atomic mass is 16.2. The van der Waals surface area contributed by atoms with Gasteiger partial charge in [0.2, 0.25) is 5.91 Å². The third-order valence-corrected chi connectivity index (χ3v) is 5.16. The molecule has 2 aliphatic rings. The number of nitriles is 1. The second kappa shape index (κ2) is 7.33. The summed E-state index contributed by atoms with van der Waals surface area (Å²) in [5.41, 5.74) is -1.87. The van der Waals surface area contributed by atoms with Gasteiger partial charge in [-0.05, 0) is 33.1 Å². The predicted molar refractivity (Wildman–Crippen MR) is 92.3 cm³/mol. The minimum Gasteiger partial charge on any atom is -0.352 e. The smallest absolute Gasteiger partial charge is 0.257 e. The van der Waals surface area contributed by atoms with Gasteiger partial charge >= 0.3 is 0 Å². The van der Waals surface area contributed by atoms with Crippen molar-refractivity contribution in [1.29, 1.82) is 5.26 Å². The van der Waals surface area contributed by atoms with E-state index in [0.29, 0.717) is 19.4 Å². The Kier molecular flexibility index (Phi) is 5.63. The molecule has 0 radical (unpaired) electrons. The summed E-state index contributed by atoms with van der Waals surface area (Å²) in [6.45, 7) is 6.56. The second-order valence-corrected chi connectivity index (χ2v) is 7.04. The summed E-state index contributed by atoms with van der Waals surface area (Å²) in [7, 11) is 0. The van der Waals surface area contributed by atoms with E-state index in [1.807, 2.05) is 6.92 Å². The maximum atomic E-state index is 12.7. The first-order valence-corrected chi connectivity index (χ1v) is 9.02. The number of hydrogen-bond acceptors (Lipinski definition) is 4. The van der Waals surface area contributed by atoms with E-state index in [0.717, 1.165) is 37.9 Å². The highest BCUT2D eigenvalue weighted by molar-refractivity contribution is 6.08. The number of aliphatic imine (C=N–C) groups is 1. The number of likely N-dealkylation sites (N-methyl/N-ethyl adjacent to an activating group) is 1. The van der Waals surface area contributed by atoms with Crippen LogP contribution in [-0.2, 0) is 9.59 Å². The van der Waals surface area contributed by atoms with Crippen LogP contribution in [-0.4, -0.2) is 41.2 Å². The summed E-state index contributed by atoms with van der Waals surface area (Å²) < 4.78 is 0. The van der Waals surface area contributed by atoms with E-state index < -0.39 is 11.0 Å². The van der Waals surface area contributed by atoms with E-state index in [1.54, 1.807) is 11.8 Å². The Bertz CT molecular complexity index is 572. The zero-order valence-corrected chi connectivity index (χ0v) is 15.0. The van der Waals surface area contributed by atoms with Crippen LogP contribution in [0, 0.1) is 16.7 Å². The lowest BCUT2D eigenvalue weighted by Crippen LogP contribution is -2.50. The Morgan fingerprint density at radius 2 is 2.04 bits per heavy atom. The van der Waals surface area contributed by atoms with Crippen molar-refractivity contribution in [3.8, 4) is 6.07 Å². The summed E-state index contributed by atoms with van der Waals surface area (Å²) in [6, 6.07) is 2.19. The minimum atomic E-state index is -0.954. The van der Waals surface area contributed by atoms with Crippen molar-refractivity contribution in [3.63, 3.8) is 0 Å². The highest BCUT2D eigenvalue weighted by Crippen LogP contribution is 2.37. The molecule has 0 spiro atoms. The molecular weight excluding hydrogens is 304 g/mol. The summed E-state index contributed by atoms with van der Waals surface area (Å²) in [4.78, 5) is 31.6. The van der Waals surface area contributed by atoms with Crippen LogP contribution in [0.25, 0.3) is 0 Å². The monoisotopic (exact) mass is 332 g/mol. The molecule has 24 heavy (non-hydrogen) atoms. The second-order valence-electron chi connectivity index (χ2n) is 7.04. The molecular formula is C18H28N4O2. The standard InChI is InChI=1S/C18H28N4O2/c1-4-6-9-14-21-17(3,16(24)22(14)5-2)13-20-15(23)18(12-19)10-7-8-11-18/h4-11,13H2,1-3H3,(H,20,23). The van der Waals surface area contributed by atoms with Crippen molar-refractivity contribution in [2.45, 2.75) is 71.3 Å². The van der Waals surface area contributed by atoms with E-state index >= 15 is 0 Å². The average Bonchev–Trinajstić information content (AvgIpc) is 3.16. The fourth-order valence-electron chi connectivity index (χ4n) is 3.56. The fraction of sp³-hybridized carbons (Fsp3) is 0.778. The normalized spacial score (nSPS) is 25.5. The molecule has 1 heterocycles. The van der Waals surface area contributed by atoms with Gasteiger partial charge in [-0.25, -0.2) is 0 Å². The average molecular weight is 332 g/mol. The van der Waals surface area contributed by atoms with Crippen molar-refractivity contribution >= 4 is 17.6 Å². The van der Waals surface area contributed by atoms with Gasteiger partial charge in [-0.15, -0.1) is 0 Å². The SMILES string of the molecule is CCCCC1=NC(C)(CNC(=O)C2(C#N)CCCC2)C(=O)N1CC. The van der Waals surface area contributed by atoms with Crippen molar-refractivity contribution in [3.05, 3.63) is 0 Å². The molecule has 1 atom stereocenters. The first-order valence-electron chi connectivity index (χ1n) is 9.02. The number of rotatable bonds is 7. The lowest BCUT2D eigenvalue weighted by atomic mass is 9.86. The summed E-state index contributed by atoms with van der Waals surface area (Å²) in [5.74, 6) is 0.502. The molecule has 0 saturated heterocycles. The number of carbonyl (C=O) groups is 2. The number of hydrogen-bond donors (Lipinski definition) is 1. The van der Waals surface area contributed by atoms with E-state index in [1.165, 1.54) is 0 Å². The molecule has 2 amide bonds. The number of unbranched alkanes of at least 4 members (excludes halogenated alkanes) is 1. The molecule has 1 fully saturated rings. The van der Waals surface area contributed by atoms with Gasteiger partial charge in [-0.2, -0.15) is 5.26 Å². The molecule has 0 aromatic rings. The molecule has 2 rings (SSSR count). The largest absolute Gasteiger partial charge is 0.352 e. The van der Waals surface area contributed by atoms with Gasteiger partial charge in [0.15, 0.2) is 5.54 Å². The molecule has 1 aliphatic carbocycles. The summed E-state index contributed by atoms with van der Waals surface area (Å²) >= 11 is 0. The van der Waals surface area contributed by atoms with Crippen LogP contribution in [0.5, 0.6) is 0 Å². The molecule has 1 saturated carbocycles. The number of amidine groups is 1. The van der Waals surface area contributed by atoms with E-state index in [9.17, 15) is 14.9 Å². The van der Waals surface area contributed by atoms with Crippen LogP contribution >= 0.6 is 0 Å². The highest BCUT2D eigenvalue weighted by Gasteiger charge is 2.46. The van der Waals surface area contributed by atoms with Gasteiger partial charge in [0.25, 0.3) is 5.91 Å². The zero-order chi connectivity index (χ0) is 17.8. The molecule has 6 nitrogen and oxygen atoms in total. The maximum Gasteiger partial charge on any atom is 0.257 e. The molecule has 1 N–H and O–H groups in total. The predicted octanol–water partition coefficient (Wildman–Crippen LogP) is 2.40. The Morgan fingerprint density at radius 1 is 1.38 bits per heavy atom. The molecule has 0 bridgehead atoms. The Hall–Kier alpha value is -1.90. The molecule has 132 valence electrons. The summed E-state index contributed by atoms with van der Waals surface area (Å²) in [5, 5.41) is 12.2. The molecule has 1 unspecified atom stereocenters. The van der Waals surface area contributed by atoms with E-state index in [-0.39, 0.29) is 18.4 Å². The third kappa shape index (κ3) is 3.31. The van der Waals surface area contributed by atoms with E-state index in [2.05, 4.69) is 23.3 Å². The maximum absolute atomic E-state index is 12.7. The fourth-order valence-corrected chi connectivity index (χ4v) is 3.56.